The van der Waals surface area contributed by atoms with Crippen LogP contribution in [0.1, 0.15) is 25.0 Å². The molecule has 1 fully saturated rings. The Morgan fingerprint density at radius 2 is 2.10 bits per heavy atom. The average Bonchev–Trinajstić information content (AvgIpc) is 3.17. The molecule has 0 radical (unpaired) electrons. The first kappa shape index (κ1) is 20.8. The van der Waals surface area contributed by atoms with Crippen molar-refractivity contribution in [3.63, 3.8) is 0 Å². The van der Waals surface area contributed by atoms with Crippen molar-refractivity contribution >= 4 is 42.6 Å². The van der Waals surface area contributed by atoms with Gasteiger partial charge in [-0.2, -0.15) is 4.31 Å². The quantitative estimate of drug-likeness (QED) is 0.599. The lowest BCUT2D eigenvalue weighted by atomic mass is 10.0. The lowest BCUT2D eigenvalue weighted by molar-refractivity contribution is -0.123. The Hall–Kier alpha value is -2.43. The third-order valence-electron chi connectivity index (χ3n) is 5.07. The molecule has 30 heavy (non-hydrogen) atoms. The number of nitrogens with zero attached hydrogens (tertiary/aromatic N) is 4. The number of carbonyl (C=O) groups is 1. The van der Waals surface area contributed by atoms with E-state index in [2.05, 4.69) is 9.97 Å². The number of amides is 1. The van der Waals surface area contributed by atoms with E-state index in [4.69, 9.17) is 0 Å². The number of rotatable bonds is 5. The molecule has 0 saturated carbocycles. The van der Waals surface area contributed by atoms with Gasteiger partial charge in [-0.05, 0) is 37.1 Å². The van der Waals surface area contributed by atoms with E-state index in [1.54, 1.807) is 30.5 Å². The van der Waals surface area contributed by atoms with Gasteiger partial charge in [0, 0.05) is 12.7 Å². The number of halogens is 1. The van der Waals surface area contributed by atoms with Crippen molar-refractivity contribution in [2.45, 2.75) is 31.8 Å². The van der Waals surface area contributed by atoms with Gasteiger partial charge in [-0.25, -0.2) is 17.8 Å². The van der Waals surface area contributed by atoms with Crippen LogP contribution in [0, 0.1) is 5.82 Å². The molecule has 10 heteroatoms. The topological polar surface area (TPSA) is 83.5 Å². The lowest BCUT2D eigenvalue weighted by Gasteiger charge is -2.35. The maximum Gasteiger partial charge on any atom is 0.247 e. The summed E-state index contributed by atoms with van der Waals surface area (Å²) in [7, 11) is -3.55. The van der Waals surface area contributed by atoms with Crippen molar-refractivity contribution in [3.8, 4) is 0 Å². The first-order valence-corrected chi connectivity index (χ1v) is 12.2. The number of carbonyl (C=O) groups excluding carboxylic acids is 1. The number of anilines is 1. The molecule has 1 aliphatic rings. The molecule has 0 aliphatic carbocycles. The summed E-state index contributed by atoms with van der Waals surface area (Å²) in [5.41, 5.74) is 0.826. The van der Waals surface area contributed by atoms with Gasteiger partial charge in [0.2, 0.25) is 15.9 Å². The summed E-state index contributed by atoms with van der Waals surface area (Å²) in [6, 6.07) is 9.21. The van der Waals surface area contributed by atoms with Crippen LogP contribution in [0.15, 0.2) is 42.6 Å². The molecule has 1 amide bonds. The van der Waals surface area contributed by atoms with E-state index in [0.29, 0.717) is 34.9 Å². The predicted octanol–water partition coefficient (Wildman–Crippen LogP) is 3.18. The average molecular weight is 449 g/mol. The fourth-order valence-electron chi connectivity index (χ4n) is 3.64. The summed E-state index contributed by atoms with van der Waals surface area (Å²) in [6.07, 6.45) is 4.65. The number of para-hydroxylation sites is 1. The Labute approximate surface area is 178 Å². The highest BCUT2D eigenvalue weighted by molar-refractivity contribution is 7.88. The molecule has 0 N–H and O–H groups in total. The van der Waals surface area contributed by atoms with Gasteiger partial charge < -0.3 is 0 Å². The molecule has 1 unspecified atom stereocenters. The van der Waals surface area contributed by atoms with Gasteiger partial charge in [0.15, 0.2) is 5.13 Å². The number of hydrogen-bond donors (Lipinski definition) is 0. The lowest BCUT2D eigenvalue weighted by Crippen LogP contribution is -2.52. The van der Waals surface area contributed by atoms with Crippen LogP contribution in [0.3, 0.4) is 0 Å². The Balaban J connectivity index is 1.76. The van der Waals surface area contributed by atoms with E-state index in [1.165, 1.54) is 26.6 Å². The molecule has 7 nitrogen and oxygen atoms in total. The summed E-state index contributed by atoms with van der Waals surface area (Å²) >= 11 is 1.20. The number of fused-ring (bicyclic) bond motifs is 1. The Morgan fingerprint density at radius 1 is 1.27 bits per heavy atom. The molecule has 3 aromatic rings. The molecule has 4 rings (SSSR count). The molecule has 2 aromatic heterocycles. The van der Waals surface area contributed by atoms with Gasteiger partial charge >= 0.3 is 0 Å². The minimum absolute atomic E-state index is 0.120. The van der Waals surface area contributed by atoms with Gasteiger partial charge in [0.1, 0.15) is 17.4 Å². The van der Waals surface area contributed by atoms with Gasteiger partial charge in [-0.15, -0.1) is 0 Å². The first-order valence-electron chi connectivity index (χ1n) is 9.58. The number of pyridine rings is 1. The third-order valence-corrected chi connectivity index (χ3v) is 7.40. The van der Waals surface area contributed by atoms with E-state index < -0.39 is 21.9 Å². The molecule has 3 heterocycles. The molecule has 0 spiro atoms. The Kier molecular flexibility index (Phi) is 5.81. The smallest absolute Gasteiger partial charge is 0.247 e. The number of sulfonamides is 1. The van der Waals surface area contributed by atoms with E-state index in [1.807, 2.05) is 6.07 Å². The summed E-state index contributed by atoms with van der Waals surface area (Å²) < 4.78 is 40.7. The van der Waals surface area contributed by atoms with E-state index in [-0.39, 0.29) is 18.0 Å². The van der Waals surface area contributed by atoms with Gasteiger partial charge in [-0.3, -0.25) is 14.7 Å². The number of piperidine rings is 1. The minimum Gasteiger partial charge on any atom is -0.281 e. The van der Waals surface area contributed by atoms with Gasteiger partial charge in [0.05, 0.1) is 23.2 Å². The molecule has 1 saturated heterocycles. The fraction of sp³-hybridized carbons (Fsp3) is 0.350. The fourth-order valence-corrected chi connectivity index (χ4v) is 5.74. The van der Waals surface area contributed by atoms with Gasteiger partial charge in [0.25, 0.3) is 0 Å². The zero-order valence-corrected chi connectivity index (χ0v) is 18.0. The second-order valence-electron chi connectivity index (χ2n) is 7.21. The van der Waals surface area contributed by atoms with Crippen LogP contribution in [0.2, 0.25) is 0 Å². The number of thiazole rings is 1. The van der Waals surface area contributed by atoms with Crippen LogP contribution in [-0.4, -0.2) is 47.4 Å². The molecule has 1 atom stereocenters. The highest BCUT2D eigenvalue weighted by Gasteiger charge is 2.38. The number of benzene rings is 1. The second-order valence-corrected chi connectivity index (χ2v) is 10.2. The summed E-state index contributed by atoms with van der Waals surface area (Å²) in [4.78, 5) is 23.7. The Morgan fingerprint density at radius 3 is 2.80 bits per heavy atom. The second kappa shape index (κ2) is 8.37. The molecule has 0 bridgehead atoms. The van der Waals surface area contributed by atoms with Crippen LogP contribution >= 0.6 is 11.3 Å². The van der Waals surface area contributed by atoms with Crippen LogP contribution < -0.4 is 4.90 Å². The zero-order chi connectivity index (χ0) is 21.3. The van der Waals surface area contributed by atoms with E-state index >= 15 is 0 Å². The van der Waals surface area contributed by atoms with Crippen molar-refractivity contribution in [1.29, 1.82) is 0 Å². The summed E-state index contributed by atoms with van der Waals surface area (Å²) in [6.45, 7) is 0.427. The highest BCUT2D eigenvalue weighted by Crippen LogP contribution is 2.33. The molecule has 1 aromatic carbocycles. The van der Waals surface area contributed by atoms with E-state index in [9.17, 15) is 17.6 Å². The molecular formula is C20H21FN4O3S2. The molecule has 158 valence electrons. The van der Waals surface area contributed by atoms with Crippen molar-refractivity contribution < 1.29 is 17.6 Å². The largest absolute Gasteiger partial charge is 0.281 e. The van der Waals surface area contributed by atoms with Crippen LogP contribution in [0.5, 0.6) is 0 Å². The van der Waals surface area contributed by atoms with E-state index in [0.717, 1.165) is 12.7 Å². The first-order chi connectivity index (χ1) is 14.3. The predicted molar refractivity (Wildman–Crippen MR) is 114 cm³/mol. The summed E-state index contributed by atoms with van der Waals surface area (Å²) in [5.74, 6) is -0.832. The summed E-state index contributed by atoms with van der Waals surface area (Å²) in [5, 5.41) is 0.324. The highest BCUT2D eigenvalue weighted by atomic mass is 32.2. The third kappa shape index (κ3) is 4.21. The maximum absolute atomic E-state index is 14.2. The minimum atomic E-state index is -3.55. The maximum atomic E-state index is 14.2. The number of hydrogen-bond acceptors (Lipinski definition) is 6. The Bertz CT molecular complexity index is 1170. The van der Waals surface area contributed by atoms with Crippen molar-refractivity contribution in [1.82, 2.24) is 14.3 Å². The monoisotopic (exact) mass is 448 g/mol. The standard InChI is InChI=1S/C20H21FN4O3S2/c1-30(27,28)25-12-5-3-9-16(25)19(26)24(13-14-7-2-4-11-22-14)20-23-18-15(21)8-6-10-17(18)29-20/h2,4,6-8,10-11,16H,3,5,9,12-13H2,1H3. The van der Waals surface area contributed by atoms with Crippen molar-refractivity contribution in [3.05, 3.63) is 54.1 Å². The van der Waals surface area contributed by atoms with Crippen LogP contribution in [-0.2, 0) is 21.4 Å². The van der Waals surface area contributed by atoms with Crippen LogP contribution in [0.4, 0.5) is 9.52 Å². The SMILES string of the molecule is CS(=O)(=O)N1CCCCC1C(=O)N(Cc1ccccn1)c1nc2c(F)cccc2s1. The van der Waals surface area contributed by atoms with Crippen LogP contribution in [0.25, 0.3) is 10.2 Å². The zero-order valence-electron chi connectivity index (χ0n) is 16.4. The number of aromatic nitrogens is 2. The molecule has 1 aliphatic heterocycles. The normalized spacial score (nSPS) is 17.9. The van der Waals surface area contributed by atoms with Crippen molar-refractivity contribution in [2.24, 2.45) is 0 Å². The molecular weight excluding hydrogens is 427 g/mol. The van der Waals surface area contributed by atoms with Gasteiger partial charge in [-0.1, -0.05) is 29.9 Å². The van der Waals surface area contributed by atoms with Crippen molar-refractivity contribution in [2.75, 3.05) is 17.7 Å².